The van der Waals surface area contributed by atoms with Crippen molar-refractivity contribution in [2.75, 3.05) is 39.6 Å². The third kappa shape index (κ3) is 7.18. The highest BCUT2D eigenvalue weighted by atomic mass is 32.1. The summed E-state index contributed by atoms with van der Waals surface area (Å²) in [6.07, 6.45) is -0.328. The molecule has 41 heavy (non-hydrogen) atoms. The van der Waals surface area contributed by atoms with E-state index in [0.29, 0.717) is 51.6 Å². The Morgan fingerprint density at radius 3 is 2.29 bits per heavy atom. The van der Waals surface area contributed by atoms with E-state index < -0.39 is 0 Å². The molecule has 0 unspecified atom stereocenters. The van der Waals surface area contributed by atoms with E-state index in [1.165, 1.54) is 22.5 Å². The van der Waals surface area contributed by atoms with E-state index in [2.05, 4.69) is 56.0 Å². The molecule has 218 valence electrons. The first-order valence-corrected chi connectivity index (χ1v) is 14.9. The van der Waals surface area contributed by atoms with E-state index in [0.717, 1.165) is 28.6 Å². The molecule has 10 heteroatoms. The summed E-state index contributed by atoms with van der Waals surface area (Å²) < 4.78 is 16.2. The van der Waals surface area contributed by atoms with Crippen LogP contribution in [0.15, 0.2) is 47.8 Å². The molecule has 2 aliphatic rings. The molecule has 5 rings (SSSR count). The summed E-state index contributed by atoms with van der Waals surface area (Å²) in [5.74, 6) is 1.43. The molecule has 1 fully saturated rings. The Morgan fingerprint density at radius 1 is 0.927 bits per heavy atom. The van der Waals surface area contributed by atoms with E-state index in [9.17, 15) is 9.59 Å². The highest BCUT2D eigenvalue weighted by molar-refractivity contribution is 7.09. The Hall–Kier alpha value is -3.63. The van der Waals surface area contributed by atoms with Gasteiger partial charge in [-0.3, -0.25) is 9.69 Å². The summed E-state index contributed by atoms with van der Waals surface area (Å²) in [5.41, 5.74) is 4.18. The maximum Gasteiger partial charge on any atom is 0.409 e. The van der Waals surface area contributed by atoms with Crippen LogP contribution in [0.1, 0.15) is 59.9 Å². The Labute approximate surface area is 245 Å². The fraction of sp³-hybridized carbons (Fsp3) is 0.452. The van der Waals surface area contributed by atoms with Crippen molar-refractivity contribution in [1.82, 2.24) is 19.7 Å². The number of benzene rings is 2. The van der Waals surface area contributed by atoms with Crippen LogP contribution in [0, 0.1) is 0 Å². The Balaban J connectivity index is 1.27. The van der Waals surface area contributed by atoms with Gasteiger partial charge in [0, 0.05) is 44.6 Å². The van der Waals surface area contributed by atoms with Crippen LogP contribution in [-0.2, 0) is 29.8 Å². The second-order valence-electron chi connectivity index (χ2n) is 11.4. The summed E-state index contributed by atoms with van der Waals surface area (Å²) in [5, 5.41) is 2.72. The first kappa shape index (κ1) is 28.9. The standard InChI is InChI=1S/C31H38N4O5S/c1-5-38-30(37)35-14-12-34(13-15-35)29(36)25-20-41-28(32-25)19-33(17-22-6-9-24(10-7-22)31(2,3)4)18-23-8-11-26-27(16-23)40-21-39-26/h6-11,16,20H,5,12-15,17-19,21H2,1-4H3. The van der Waals surface area contributed by atoms with Crippen molar-refractivity contribution in [3.05, 3.63) is 75.2 Å². The SMILES string of the molecule is CCOC(=O)N1CCN(C(=O)c2csc(CN(Cc3ccc(C(C)(C)C)cc3)Cc3ccc4c(c3)OCO4)n2)CC1. The van der Waals surface area contributed by atoms with Gasteiger partial charge in [-0.1, -0.05) is 51.1 Å². The molecule has 0 aliphatic carbocycles. The normalized spacial score (nSPS) is 15.0. The second-order valence-corrected chi connectivity index (χ2v) is 12.3. The van der Waals surface area contributed by atoms with E-state index in [4.69, 9.17) is 19.2 Å². The van der Waals surface area contributed by atoms with Gasteiger partial charge in [0.2, 0.25) is 6.79 Å². The fourth-order valence-electron chi connectivity index (χ4n) is 4.98. The molecule has 3 heterocycles. The molecule has 0 radical (unpaired) electrons. The lowest BCUT2D eigenvalue weighted by atomic mass is 9.87. The lowest BCUT2D eigenvalue weighted by molar-refractivity contribution is 0.0566. The molecule has 2 amide bonds. The van der Waals surface area contributed by atoms with E-state index in [-0.39, 0.29) is 24.2 Å². The second kappa shape index (κ2) is 12.5. The van der Waals surface area contributed by atoms with Gasteiger partial charge in [-0.2, -0.15) is 0 Å². The number of hydrogen-bond donors (Lipinski definition) is 0. The van der Waals surface area contributed by atoms with Crippen molar-refractivity contribution in [2.24, 2.45) is 0 Å². The molecule has 0 spiro atoms. The minimum Gasteiger partial charge on any atom is -0.454 e. The smallest absolute Gasteiger partial charge is 0.409 e. The maximum atomic E-state index is 13.2. The number of ether oxygens (including phenoxy) is 3. The van der Waals surface area contributed by atoms with E-state index in [1.807, 2.05) is 17.5 Å². The monoisotopic (exact) mass is 578 g/mol. The highest BCUT2D eigenvalue weighted by Crippen LogP contribution is 2.33. The van der Waals surface area contributed by atoms with Crippen LogP contribution in [-0.4, -0.2) is 71.3 Å². The predicted octanol–water partition coefficient (Wildman–Crippen LogP) is 5.29. The van der Waals surface area contributed by atoms with Crippen LogP contribution in [0.5, 0.6) is 11.5 Å². The molecule has 2 aliphatic heterocycles. The number of amides is 2. The molecule has 3 aromatic rings. The first-order chi connectivity index (χ1) is 19.7. The number of aromatic nitrogens is 1. The number of thiazole rings is 1. The van der Waals surface area contributed by atoms with Crippen LogP contribution in [0.3, 0.4) is 0 Å². The number of carbonyl (C=O) groups excluding carboxylic acids is 2. The van der Waals surface area contributed by atoms with Gasteiger partial charge in [0.15, 0.2) is 11.5 Å². The molecule has 1 saturated heterocycles. The van der Waals surface area contributed by atoms with Gasteiger partial charge < -0.3 is 24.0 Å². The van der Waals surface area contributed by atoms with E-state index in [1.54, 1.807) is 16.7 Å². The van der Waals surface area contributed by atoms with Crippen LogP contribution < -0.4 is 9.47 Å². The van der Waals surface area contributed by atoms with Crippen molar-refractivity contribution in [1.29, 1.82) is 0 Å². The Bertz CT molecular complexity index is 1360. The Kier molecular flexibility index (Phi) is 8.79. The number of nitrogens with zero attached hydrogens (tertiary/aromatic N) is 4. The van der Waals surface area contributed by atoms with Gasteiger partial charge in [0.1, 0.15) is 10.7 Å². The third-order valence-electron chi connectivity index (χ3n) is 7.29. The zero-order chi connectivity index (χ0) is 29.0. The van der Waals surface area contributed by atoms with Gasteiger partial charge in [0.05, 0.1) is 13.2 Å². The average Bonchev–Trinajstić information content (AvgIpc) is 3.62. The van der Waals surface area contributed by atoms with Crippen molar-refractivity contribution in [3.63, 3.8) is 0 Å². The van der Waals surface area contributed by atoms with Crippen LogP contribution in [0.25, 0.3) is 0 Å². The van der Waals surface area contributed by atoms with Crippen LogP contribution in [0.2, 0.25) is 0 Å². The number of hydrogen-bond acceptors (Lipinski definition) is 8. The van der Waals surface area contributed by atoms with Crippen molar-refractivity contribution >= 4 is 23.3 Å². The molecule has 0 saturated carbocycles. The molecule has 2 aromatic carbocycles. The minimum absolute atomic E-state index is 0.0972. The fourth-order valence-corrected chi connectivity index (χ4v) is 5.78. The van der Waals surface area contributed by atoms with Gasteiger partial charge >= 0.3 is 6.09 Å². The quantitative estimate of drug-likeness (QED) is 0.359. The number of rotatable bonds is 8. The van der Waals surface area contributed by atoms with Gasteiger partial charge in [-0.15, -0.1) is 11.3 Å². The molecule has 0 atom stereocenters. The number of fused-ring (bicyclic) bond motifs is 1. The molecule has 0 bridgehead atoms. The molecule has 0 N–H and O–H groups in total. The van der Waals surface area contributed by atoms with Crippen molar-refractivity contribution in [2.45, 2.75) is 52.7 Å². The van der Waals surface area contributed by atoms with Crippen molar-refractivity contribution < 1.29 is 23.8 Å². The molecule has 1 aromatic heterocycles. The minimum atomic E-state index is -0.328. The summed E-state index contributed by atoms with van der Waals surface area (Å²) >= 11 is 1.50. The molecular formula is C31H38N4O5S. The summed E-state index contributed by atoms with van der Waals surface area (Å²) in [7, 11) is 0. The van der Waals surface area contributed by atoms with Crippen molar-refractivity contribution in [3.8, 4) is 11.5 Å². The number of carbonyl (C=O) groups is 2. The van der Waals surface area contributed by atoms with Gasteiger partial charge in [-0.05, 0) is 41.2 Å². The lowest BCUT2D eigenvalue weighted by Gasteiger charge is -2.33. The highest BCUT2D eigenvalue weighted by Gasteiger charge is 2.27. The largest absolute Gasteiger partial charge is 0.454 e. The summed E-state index contributed by atoms with van der Waals surface area (Å²) in [4.78, 5) is 35.7. The zero-order valence-corrected chi connectivity index (χ0v) is 25.0. The zero-order valence-electron chi connectivity index (χ0n) is 24.2. The average molecular weight is 579 g/mol. The number of piperazine rings is 1. The van der Waals surface area contributed by atoms with Crippen LogP contribution in [0.4, 0.5) is 4.79 Å². The topological polar surface area (TPSA) is 84.4 Å². The lowest BCUT2D eigenvalue weighted by Crippen LogP contribution is -2.50. The van der Waals surface area contributed by atoms with Gasteiger partial charge in [-0.25, -0.2) is 9.78 Å². The van der Waals surface area contributed by atoms with Crippen LogP contribution >= 0.6 is 11.3 Å². The third-order valence-corrected chi connectivity index (χ3v) is 8.13. The van der Waals surface area contributed by atoms with Gasteiger partial charge in [0.25, 0.3) is 5.91 Å². The first-order valence-electron chi connectivity index (χ1n) is 14.1. The summed E-state index contributed by atoms with van der Waals surface area (Å²) in [6.45, 7) is 12.9. The maximum absolute atomic E-state index is 13.2. The molecular weight excluding hydrogens is 540 g/mol. The summed E-state index contributed by atoms with van der Waals surface area (Å²) in [6, 6.07) is 14.8. The Morgan fingerprint density at radius 2 is 1.59 bits per heavy atom. The molecule has 9 nitrogen and oxygen atoms in total. The van der Waals surface area contributed by atoms with E-state index >= 15 is 0 Å². The predicted molar refractivity (Wildman–Crippen MR) is 157 cm³/mol.